The van der Waals surface area contributed by atoms with Crippen LogP contribution in [0, 0.1) is 0 Å². The standard InChI is InChI=1S/C19H25NO4S2/c1-20(10-11-21)14-6-8-15(9-7-14)24-19(18(22)23,16-4-2-12-25-16)17-5-3-13-26-17/h2-5,12-15,21H,6-11H2,1H3,(H,22,23)/t14-,15-. The Morgan fingerprint density at radius 1 is 1.19 bits per heavy atom. The zero-order valence-corrected chi connectivity index (χ0v) is 16.5. The molecule has 2 N–H and O–H groups in total. The van der Waals surface area contributed by atoms with Crippen LogP contribution < -0.4 is 0 Å². The number of carboxylic acids is 1. The van der Waals surface area contributed by atoms with Crippen molar-refractivity contribution in [2.45, 2.75) is 43.4 Å². The molecule has 0 spiro atoms. The Hall–Kier alpha value is -1.25. The van der Waals surface area contributed by atoms with Crippen LogP contribution in [0.2, 0.25) is 0 Å². The molecule has 0 aliphatic heterocycles. The third kappa shape index (κ3) is 3.87. The lowest BCUT2D eigenvalue weighted by Crippen LogP contribution is -2.44. The molecule has 0 atom stereocenters. The van der Waals surface area contributed by atoms with E-state index in [1.54, 1.807) is 0 Å². The summed E-state index contributed by atoms with van der Waals surface area (Å²) in [4.78, 5) is 16.0. The average molecular weight is 396 g/mol. The maximum absolute atomic E-state index is 12.4. The number of hydrogen-bond acceptors (Lipinski definition) is 6. The van der Waals surface area contributed by atoms with Crippen LogP contribution in [0.1, 0.15) is 35.4 Å². The minimum Gasteiger partial charge on any atom is -0.479 e. The van der Waals surface area contributed by atoms with Crippen LogP contribution in [0.15, 0.2) is 35.0 Å². The molecule has 26 heavy (non-hydrogen) atoms. The van der Waals surface area contributed by atoms with E-state index in [0.717, 1.165) is 25.7 Å². The van der Waals surface area contributed by atoms with E-state index in [2.05, 4.69) is 4.90 Å². The number of nitrogens with zero attached hydrogens (tertiary/aromatic N) is 1. The number of carbonyl (C=O) groups is 1. The van der Waals surface area contributed by atoms with Gasteiger partial charge in [0.15, 0.2) is 0 Å². The van der Waals surface area contributed by atoms with Crippen LogP contribution in [0.3, 0.4) is 0 Å². The smallest absolute Gasteiger partial charge is 0.347 e. The first-order valence-corrected chi connectivity index (χ1v) is 10.6. The summed E-state index contributed by atoms with van der Waals surface area (Å²) in [7, 11) is 2.03. The molecule has 0 aromatic carbocycles. The zero-order valence-electron chi connectivity index (χ0n) is 14.8. The van der Waals surface area contributed by atoms with Crippen molar-refractivity contribution in [2.24, 2.45) is 0 Å². The number of ether oxygens (including phenoxy) is 1. The van der Waals surface area contributed by atoms with Crippen LogP contribution in [-0.4, -0.2) is 53.4 Å². The number of aliphatic hydroxyl groups excluding tert-OH is 1. The Bertz CT molecular complexity index is 644. The molecule has 2 heterocycles. The fourth-order valence-electron chi connectivity index (χ4n) is 3.65. The first-order chi connectivity index (χ1) is 12.6. The number of rotatable bonds is 8. The van der Waals surface area contributed by atoms with Gasteiger partial charge >= 0.3 is 5.97 Å². The normalized spacial score (nSPS) is 21.2. The van der Waals surface area contributed by atoms with Gasteiger partial charge in [0.2, 0.25) is 5.60 Å². The highest BCUT2D eigenvalue weighted by atomic mass is 32.1. The van der Waals surface area contributed by atoms with Gasteiger partial charge in [-0.25, -0.2) is 4.79 Å². The van der Waals surface area contributed by atoms with Gasteiger partial charge in [-0.3, -0.25) is 0 Å². The van der Waals surface area contributed by atoms with Gasteiger partial charge in [0.1, 0.15) is 0 Å². The summed E-state index contributed by atoms with van der Waals surface area (Å²) in [6, 6.07) is 7.85. The molecule has 0 unspecified atom stereocenters. The number of hydrogen-bond donors (Lipinski definition) is 2. The van der Waals surface area contributed by atoms with E-state index in [-0.39, 0.29) is 12.7 Å². The molecule has 3 rings (SSSR count). The maximum Gasteiger partial charge on any atom is 0.347 e. The van der Waals surface area contributed by atoms with E-state index >= 15 is 0 Å². The molecule has 7 heteroatoms. The maximum atomic E-state index is 12.4. The molecule has 0 saturated heterocycles. The highest BCUT2D eigenvalue weighted by Gasteiger charge is 2.48. The second-order valence-corrected chi connectivity index (χ2v) is 8.59. The van der Waals surface area contributed by atoms with E-state index in [0.29, 0.717) is 22.3 Å². The minimum atomic E-state index is -1.42. The van der Waals surface area contributed by atoms with Crippen molar-refractivity contribution in [2.75, 3.05) is 20.2 Å². The summed E-state index contributed by atoms with van der Waals surface area (Å²) in [5.74, 6) is -0.957. The fraction of sp³-hybridized carbons (Fsp3) is 0.526. The van der Waals surface area contributed by atoms with Crippen LogP contribution in [0.5, 0.6) is 0 Å². The molecule has 1 fully saturated rings. The predicted octanol–water partition coefficient (Wildman–Crippen LogP) is 3.39. The van der Waals surface area contributed by atoms with Gasteiger partial charge in [-0.05, 0) is 55.6 Å². The van der Waals surface area contributed by atoms with Gasteiger partial charge in [0, 0.05) is 12.6 Å². The molecule has 2 aromatic rings. The van der Waals surface area contributed by atoms with Crippen LogP contribution in [0.4, 0.5) is 0 Å². The van der Waals surface area contributed by atoms with E-state index in [4.69, 9.17) is 9.84 Å². The van der Waals surface area contributed by atoms with E-state index in [1.807, 2.05) is 42.1 Å². The summed E-state index contributed by atoms with van der Waals surface area (Å²) >= 11 is 2.84. The zero-order chi connectivity index (χ0) is 18.6. The predicted molar refractivity (Wildman–Crippen MR) is 104 cm³/mol. The first kappa shape index (κ1) is 19.5. The largest absolute Gasteiger partial charge is 0.479 e. The highest BCUT2D eigenvalue weighted by Crippen LogP contribution is 2.42. The summed E-state index contributed by atoms with van der Waals surface area (Å²) in [5, 5.41) is 23.1. The molecule has 142 valence electrons. The topological polar surface area (TPSA) is 70.0 Å². The number of carboxylic acid groups (broad SMARTS) is 1. The molecule has 1 aliphatic rings. The molecule has 0 bridgehead atoms. The van der Waals surface area contributed by atoms with Crippen molar-refractivity contribution < 1.29 is 19.7 Å². The lowest BCUT2D eigenvalue weighted by Gasteiger charge is -2.38. The Kier molecular flexibility index (Phi) is 6.47. The van der Waals surface area contributed by atoms with Gasteiger partial charge in [0.05, 0.1) is 22.5 Å². The van der Waals surface area contributed by atoms with Gasteiger partial charge in [-0.1, -0.05) is 12.1 Å². The molecule has 0 amide bonds. The summed E-state index contributed by atoms with van der Waals surface area (Å²) < 4.78 is 6.37. The Balaban J connectivity index is 1.79. The van der Waals surface area contributed by atoms with Crippen molar-refractivity contribution in [3.05, 3.63) is 44.8 Å². The second kappa shape index (κ2) is 8.63. The molecule has 2 aromatic heterocycles. The summed E-state index contributed by atoms with van der Waals surface area (Å²) in [6.45, 7) is 0.825. The number of aliphatic hydroxyl groups is 1. The highest BCUT2D eigenvalue weighted by molar-refractivity contribution is 7.12. The number of likely N-dealkylation sites (N-methyl/N-ethyl adjacent to an activating group) is 1. The quantitative estimate of drug-likeness (QED) is 0.717. The third-order valence-corrected chi connectivity index (χ3v) is 7.04. The third-order valence-electron chi connectivity index (χ3n) is 5.10. The minimum absolute atomic E-state index is 0.0888. The Morgan fingerprint density at radius 3 is 2.19 bits per heavy atom. The SMILES string of the molecule is CN(CCO)[C@H]1CC[C@H](OC(C(=O)O)(c2cccs2)c2cccs2)CC1. The molecule has 1 saturated carbocycles. The van der Waals surface area contributed by atoms with Crippen molar-refractivity contribution >= 4 is 28.6 Å². The number of aliphatic carboxylic acids is 1. The van der Waals surface area contributed by atoms with Crippen molar-refractivity contribution in [1.82, 2.24) is 4.90 Å². The Morgan fingerprint density at radius 2 is 1.77 bits per heavy atom. The van der Waals surface area contributed by atoms with Crippen LogP contribution in [-0.2, 0) is 15.1 Å². The van der Waals surface area contributed by atoms with Gasteiger partial charge in [0.25, 0.3) is 0 Å². The van der Waals surface area contributed by atoms with E-state index < -0.39 is 11.6 Å². The summed E-state index contributed by atoms with van der Waals surface area (Å²) in [6.07, 6.45) is 3.46. The lowest BCUT2D eigenvalue weighted by molar-refractivity contribution is -0.170. The van der Waals surface area contributed by atoms with Crippen LogP contribution in [0.25, 0.3) is 0 Å². The lowest BCUT2D eigenvalue weighted by atomic mass is 9.90. The average Bonchev–Trinajstić information content (AvgIpc) is 3.34. The van der Waals surface area contributed by atoms with Crippen LogP contribution >= 0.6 is 22.7 Å². The van der Waals surface area contributed by atoms with Crippen molar-refractivity contribution in [3.63, 3.8) is 0 Å². The molecular weight excluding hydrogens is 370 g/mol. The number of thiophene rings is 2. The van der Waals surface area contributed by atoms with Gasteiger partial charge in [-0.15, -0.1) is 22.7 Å². The second-order valence-electron chi connectivity index (χ2n) is 6.69. The molecule has 0 radical (unpaired) electrons. The van der Waals surface area contributed by atoms with E-state index in [9.17, 15) is 9.90 Å². The van der Waals surface area contributed by atoms with Gasteiger partial charge < -0.3 is 19.8 Å². The molecule has 1 aliphatic carbocycles. The summed E-state index contributed by atoms with van der Waals surface area (Å²) in [5.41, 5.74) is -1.42. The van der Waals surface area contributed by atoms with Crippen molar-refractivity contribution in [3.8, 4) is 0 Å². The van der Waals surface area contributed by atoms with E-state index in [1.165, 1.54) is 22.7 Å². The van der Waals surface area contributed by atoms with Crippen molar-refractivity contribution in [1.29, 1.82) is 0 Å². The van der Waals surface area contributed by atoms with Gasteiger partial charge in [-0.2, -0.15) is 0 Å². The Labute approximate surface area is 161 Å². The molecular formula is C19H25NO4S2. The fourth-order valence-corrected chi connectivity index (χ4v) is 5.46. The first-order valence-electron chi connectivity index (χ1n) is 8.88. The molecule has 5 nitrogen and oxygen atoms in total. The monoisotopic (exact) mass is 395 g/mol.